The SMILES string of the molecule is N#Cc1ncccc1N1CCCC(NC(=O)C2CCC2)C1. The minimum atomic E-state index is 0.179. The molecule has 0 bridgehead atoms. The average molecular weight is 284 g/mol. The van der Waals surface area contributed by atoms with Crippen LogP contribution in [0.1, 0.15) is 37.8 Å². The van der Waals surface area contributed by atoms with Crippen LogP contribution in [-0.2, 0) is 4.79 Å². The molecule has 1 saturated heterocycles. The van der Waals surface area contributed by atoms with Gasteiger partial charge in [-0.05, 0) is 37.8 Å². The van der Waals surface area contributed by atoms with E-state index in [-0.39, 0.29) is 17.9 Å². The first-order chi connectivity index (χ1) is 10.3. The lowest BCUT2D eigenvalue weighted by atomic mass is 9.84. The van der Waals surface area contributed by atoms with Gasteiger partial charge < -0.3 is 10.2 Å². The molecule has 1 amide bonds. The average Bonchev–Trinajstić information content (AvgIpc) is 2.45. The Balaban J connectivity index is 1.65. The highest BCUT2D eigenvalue weighted by Crippen LogP contribution is 2.27. The van der Waals surface area contributed by atoms with Crippen LogP contribution in [0, 0.1) is 17.2 Å². The molecule has 0 radical (unpaired) electrons. The molecule has 1 unspecified atom stereocenters. The minimum absolute atomic E-state index is 0.179. The third kappa shape index (κ3) is 2.99. The van der Waals surface area contributed by atoms with Gasteiger partial charge in [-0.15, -0.1) is 0 Å². The molecule has 3 rings (SSSR count). The number of nitriles is 1. The highest BCUT2D eigenvalue weighted by molar-refractivity contribution is 5.79. The molecule has 2 aliphatic rings. The lowest BCUT2D eigenvalue weighted by molar-refractivity contribution is -0.128. The van der Waals surface area contributed by atoms with Crippen molar-refractivity contribution < 1.29 is 4.79 Å². The fourth-order valence-electron chi connectivity index (χ4n) is 3.04. The van der Waals surface area contributed by atoms with Crippen molar-refractivity contribution in [1.29, 1.82) is 5.26 Å². The third-order valence-electron chi connectivity index (χ3n) is 4.48. The van der Waals surface area contributed by atoms with Gasteiger partial charge in [-0.3, -0.25) is 4.79 Å². The zero-order valence-corrected chi connectivity index (χ0v) is 12.1. The quantitative estimate of drug-likeness (QED) is 0.919. The summed E-state index contributed by atoms with van der Waals surface area (Å²) < 4.78 is 0. The second-order valence-electron chi connectivity index (χ2n) is 5.90. The molecule has 2 fully saturated rings. The Labute approximate surface area is 125 Å². The lowest BCUT2D eigenvalue weighted by Crippen LogP contribution is -2.50. The van der Waals surface area contributed by atoms with Crippen molar-refractivity contribution in [3.05, 3.63) is 24.0 Å². The van der Waals surface area contributed by atoms with Crippen molar-refractivity contribution in [3.63, 3.8) is 0 Å². The van der Waals surface area contributed by atoms with Gasteiger partial charge in [0.15, 0.2) is 5.69 Å². The van der Waals surface area contributed by atoms with Gasteiger partial charge >= 0.3 is 0 Å². The molecule has 0 spiro atoms. The van der Waals surface area contributed by atoms with E-state index in [2.05, 4.69) is 21.3 Å². The predicted octanol–water partition coefficient (Wildman–Crippen LogP) is 1.84. The van der Waals surface area contributed by atoms with Gasteiger partial charge in [0.25, 0.3) is 0 Å². The molecule has 1 aliphatic heterocycles. The first-order valence-electron chi connectivity index (χ1n) is 7.68. The Morgan fingerprint density at radius 3 is 2.95 bits per heavy atom. The van der Waals surface area contributed by atoms with E-state index in [1.807, 2.05) is 12.1 Å². The molecule has 110 valence electrons. The summed E-state index contributed by atoms with van der Waals surface area (Å²) in [7, 11) is 0. The predicted molar refractivity (Wildman–Crippen MR) is 79.7 cm³/mol. The first-order valence-corrected chi connectivity index (χ1v) is 7.68. The number of hydrogen-bond acceptors (Lipinski definition) is 4. The van der Waals surface area contributed by atoms with Crippen molar-refractivity contribution in [2.45, 2.75) is 38.1 Å². The van der Waals surface area contributed by atoms with Gasteiger partial charge in [0, 0.05) is 31.2 Å². The van der Waals surface area contributed by atoms with Crippen molar-refractivity contribution in [1.82, 2.24) is 10.3 Å². The molecule has 1 aliphatic carbocycles. The van der Waals surface area contributed by atoms with Crippen LogP contribution >= 0.6 is 0 Å². The number of anilines is 1. The van der Waals surface area contributed by atoms with E-state index in [0.717, 1.165) is 44.5 Å². The molecule has 1 saturated carbocycles. The molecule has 2 heterocycles. The van der Waals surface area contributed by atoms with E-state index < -0.39 is 0 Å². The third-order valence-corrected chi connectivity index (χ3v) is 4.48. The Bertz CT molecular complexity index is 562. The Morgan fingerprint density at radius 1 is 1.38 bits per heavy atom. The van der Waals surface area contributed by atoms with Crippen molar-refractivity contribution in [2.24, 2.45) is 5.92 Å². The van der Waals surface area contributed by atoms with Crippen LogP contribution in [0.4, 0.5) is 5.69 Å². The summed E-state index contributed by atoms with van der Waals surface area (Å²) in [5.41, 5.74) is 1.34. The van der Waals surface area contributed by atoms with E-state index in [9.17, 15) is 4.79 Å². The van der Waals surface area contributed by atoms with Gasteiger partial charge in [0.2, 0.25) is 5.91 Å². The molecule has 1 N–H and O–H groups in total. The molecule has 1 aromatic heterocycles. The number of carbonyl (C=O) groups excluding carboxylic acids is 1. The van der Waals surface area contributed by atoms with Crippen molar-refractivity contribution in [2.75, 3.05) is 18.0 Å². The van der Waals surface area contributed by atoms with Crippen molar-refractivity contribution in [3.8, 4) is 6.07 Å². The summed E-state index contributed by atoms with van der Waals surface area (Å²) in [6.45, 7) is 1.68. The number of rotatable bonds is 3. The fourth-order valence-corrected chi connectivity index (χ4v) is 3.04. The molecular formula is C16H20N4O. The normalized spacial score (nSPS) is 22.2. The Kier molecular flexibility index (Phi) is 4.05. The highest BCUT2D eigenvalue weighted by Gasteiger charge is 2.29. The van der Waals surface area contributed by atoms with E-state index in [0.29, 0.717) is 5.69 Å². The maximum atomic E-state index is 12.1. The van der Waals surface area contributed by atoms with Gasteiger partial charge in [0.1, 0.15) is 6.07 Å². The molecule has 5 nitrogen and oxygen atoms in total. The molecule has 1 aromatic rings. The zero-order valence-electron chi connectivity index (χ0n) is 12.1. The number of nitrogens with zero attached hydrogens (tertiary/aromatic N) is 3. The Hall–Kier alpha value is -2.09. The largest absolute Gasteiger partial charge is 0.367 e. The minimum Gasteiger partial charge on any atom is -0.367 e. The second-order valence-corrected chi connectivity index (χ2v) is 5.90. The maximum Gasteiger partial charge on any atom is 0.223 e. The summed E-state index contributed by atoms with van der Waals surface area (Å²) in [4.78, 5) is 18.4. The van der Waals surface area contributed by atoms with E-state index >= 15 is 0 Å². The number of amides is 1. The van der Waals surface area contributed by atoms with Crippen LogP contribution in [0.5, 0.6) is 0 Å². The number of piperidine rings is 1. The number of carbonyl (C=O) groups is 1. The highest BCUT2D eigenvalue weighted by atomic mass is 16.2. The molecule has 5 heteroatoms. The summed E-state index contributed by atoms with van der Waals surface area (Å²) >= 11 is 0. The number of nitrogens with one attached hydrogen (secondary N) is 1. The zero-order chi connectivity index (χ0) is 14.7. The lowest BCUT2D eigenvalue weighted by Gasteiger charge is -2.36. The number of aromatic nitrogens is 1. The monoisotopic (exact) mass is 284 g/mol. The number of pyridine rings is 1. The van der Waals surface area contributed by atoms with Crippen LogP contribution in [0.25, 0.3) is 0 Å². The smallest absolute Gasteiger partial charge is 0.223 e. The number of hydrogen-bond donors (Lipinski definition) is 1. The molecule has 0 aromatic carbocycles. The van der Waals surface area contributed by atoms with Crippen molar-refractivity contribution >= 4 is 11.6 Å². The maximum absolute atomic E-state index is 12.1. The summed E-state index contributed by atoms with van der Waals surface area (Å²) in [6.07, 6.45) is 6.91. The summed E-state index contributed by atoms with van der Waals surface area (Å²) in [6, 6.07) is 6.11. The molecule has 21 heavy (non-hydrogen) atoms. The standard InChI is InChI=1S/C16H20N4O/c17-10-14-15(7-2-8-18-14)20-9-3-6-13(11-20)19-16(21)12-4-1-5-12/h2,7-8,12-13H,1,3-6,9,11H2,(H,19,21). The van der Waals surface area contributed by atoms with E-state index in [1.54, 1.807) is 6.20 Å². The van der Waals surface area contributed by atoms with Crippen LogP contribution < -0.4 is 10.2 Å². The van der Waals surface area contributed by atoms with Crippen LogP contribution in [0.15, 0.2) is 18.3 Å². The fraction of sp³-hybridized carbons (Fsp3) is 0.562. The van der Waals surface area contributed by atoms with Gasteiger partial charge in [0.05, 0.1) is 5.69 Å². The summed E-state index contributed by atoms with van der Waals surface area (Å²) in [5, 5.41) is 12.3. The van der Waals surface area contributed by atoms with Gasteiger partial charge in [-0.1, -0.05) is 6.42 Å². The van der Waals surface area contributed by atoms with Gasteiger partial charge in [-0.2, -0.15) is 5.26 Å². The Morgan fingerprint density at radius 2 is 2.24 bits per heavy atom. The van der Waals surface area contributed by atoms with E-state index in [4.69, 9.17) is 5.26 Å². The summed E-state index contributed by atoms with van der Waals surface area (Å²) in [5.74, 6) is 0.438. The van der Waals surface area contributed by atoms with Crippen LogP contribution in [-0.4, -0.2) is 30.0 Å². The molecular weight excluding hydrogens is 264 g/mol. The van der Waals surface area contributed by atoms with Crippen LogP contribution in [0.2, 0.25) is 0 Å². The topological polar surface area (TPSA) is 69.0 Å². The van der Waals surface area contributed by atoms with E-state index in [1.165, 1.54) is 6.42 Å². The first kappa shape index (κ1) is 13.9. The second kappa shape index (κ2) is 6.13. The van der Waals surface area contributed by atoms with Gasteiger partial charge in [-0.25, -0.2) is 4.98 Å². The van der Waals surface area contributed by atoms with Crippen LogP contribution in [0.3, 0.4) is 0 Å². The molecule has 1 atom stereocenters.